The number of aliphatic hydroxyl groups is 1. The molecule has 0 atom stereocenters. The van der Waals surface area contributed by atoms with Crippen LogP contribution in [0.5, 0.6) is 0 Å². The molecule has 3 heteroatoms. The first-order valence-electron chi connectivity index (χ1n) is 4.30. The minimum Gasteiger partial charge on any atom is -0.387 e. The third-order valence-corrected chi connectivity index (χ3v) is 2.73. The van der Waals surface area contributed by atoms with Gasteiger partial charge in [-0.3, -0.25) is 4.90 Å². The third kappa shape index (κ3) is 2.22. The van der Waals surface area contributed by atoms with Gasteiger partial charge in [-0.25, -0.2) is 0 Å². The van der Waals surface area contributed by atoms with E-state index in [1.165, 1.54) is 0 Å². The van der Waals surface area contributed by atoms with Crippen molar-refractivity contribution in [2.45, 2.75) is 25.9 Å². The van der Waals surface area contributed by atoms with Gasteiger partial charge in [0, 0.05) is 25.2 Å². The second kappa shape index (κ2) is 3.77. The number of hydrogen-bond acceptors (Lipinski definition) is 2. The van der Waals surface area contributed by atoms with Crippen LogP contribution in [-0.4, -0.2) is 35.2 Å². The van der Waals surface area contributed by atoms with Crippen LogP contribution in [0, 0.1) is 0 Å². The highest BCUT2D eigenvalue weighted by molar-refractivity contribution is 6.25. The highest BCUT2D eigenvalue weighted by Crippen LogP contribution is 2.24. The van der Waals surface area contributed by atoms with Gasteiger partial charge in [0.25, 0.3) is 0 Å². The summed E-state index contributed by atoms with van der Waals surface area (Å²) in [5.74, 6) is 0. The lowest BCUT2D eigenvalue weighted by molar-refractivity contribution is -0.0953. The molecule has 0 unspecified atom stereocenters. The van der Waals surface area contributed by atoms with Gasteiger partial charge in [-0.05, 0) is 18.9 Å². The van der Waals surface area contributed by atoms with Crippen molar-refractivity contribution in [3.63, 3.8) is 0 Å². The van der Waals surface area contributed by atoms with Gasteiger partial charge in [-0.2, -0.15) is 0 Å². The summed E-state index contributed by atoms with van der Waals surface area (Å²) >= 11 is 5.53. The van der Waals surface area contributed by atoms with Crippen molar-refractivity contribution < 1.29 is 5.11 Å². The molecule has 0 aliphatic carbocycles. The van der Waals surface area contributed by atoms with Gasteiger partial charge in [0.2, 0.25) is 0 Å². The monoisotopic (exact) mass is 189 g/mol. The summed E-state index contributed by atoms with van der Waals surface area (Å²) in [6.07, 6.45) is 0.840. The van der Waals surface area contributed by atoms with E-state index in [-0.39, 0.29) is 0 Å². The molecule has 0 saturated carbocycles. The lowest BCUT2D eigenvalue weighted by Crippen LogP contribution is -2.61. The number of halogens is 1. The van der Waals surface area contributed by atoms with E-state index in [0.29, 0.717) is 0 Å². The van der Waals surface area contributed by atoms with Crippen molar-refractivity contribution >= 4 is 11.6 Å². The molecule has 1 saturated heterocycles. The van der Waals surface area contributed by atoms with E-state index in [1.807, 2.05) is 13.8 Å². The minimum absolute atomic E-state index is 0.424. The second-order valence-corrected chi connectivity index (χ2v) is 3.90. The van der Waals surface area contributed by atoms with Crippen LogP contribution in [0.4, 0.5) is 0 Å². The molecule has 1 aliphatic rings. The predicted octanol–water partition coefficient (Wildman–Crippen LogP) is 1.59. The van der Waals surface area contributed by atoms with Crippen LogP contribution in [-0.2, 0) is 0 Å². The molecule has 1 N–H and O–H groups in total. The maximum absolute atomic E-state index is 9.68. The van der Waals surface area contributed by atoms with E-state index >= 15 is 0 Å². The van der Waals surface area contributed by atoms with Crippen LogP contribution >= 0.6 is 11.6 Å². The van der Waals surface area contributed by atoms with Crippen molar-refractivity contribution in [3.05, 3.63) is 11.1 Å². The zero-order valence-electron chi connectivity index (χ0n) is 7.68. The lowest BCUT2D eigenvalue weighted by atomic mass is 9.91. The molecule has 2 nitrogen and oxygen atoms in total. The first-order valence-corrected chi connectivity index (χ1v) is 4.74. The van der Waals surface area contributed by atoms with Gasteiger partial charge in [-0.1, -0.05) is 18.5 Å². The number of nitrogens with zero attached hydrogens (tertiary/aromatic N) is 1. The summed E-state index contributed by atoms with van der Waals surface area (Å²) in [6, 6.07) is 0. The van der Waals surface area contributed by atoms with Crippen LogP contribution in [0.25, 0.3) is 0 Å². The molecule has 0 spiro atoms. The van der Waals surface area contributed by atoms with Crippen LogP contribution in [0.1, 0.15) is 20.3 Å². The molecule has 1 aliphatic heterocycles. The van der Waals surface area contributed by atoms with Crippen molar-refractivity contribution in [3.8, 4) is 0 Å². The average Bonchev–Trinajstić information content (AvgIpc) is 2.01. The predicted molar refractivity (Wildman–Crippen MR) is 51.3 cm³/mol. The van der Waals surface area contributed by atoms with Gasteiger partial charge < -0.3 is 5.11 Å². The summed E-state index contributed by atoms with van der Waals surface area (Å²) in [6.45, 7) is 6.46. The van der Waals surface area contributed by atoms with Crippen LogP contribution in [0.15, 0.2) is 11.1 Å². The van der Waals surface area contributed by atoms with E-state index in [4.69, 9.17) is 11.6 Å². The SMILES string of the molecule is CCC1(O)CN(CC(C)=CCl)C1. The Kier molecular flexibility index (Phi) is 3.16. The second-order valence-electron chi connectivity index (χ2n) is 3.68. The van der Waals surface area contributed by atoms with E-state index in [2.05, 4.69) is 4.90 Å². The summed E-state index contributed by atoms with van der Waals surface area (Å²) in [5, 5.41) is 9.68. The van der Waals surface area contributed by atoms with Crippen molar-refractivity contribution in [2.75, 3.05) is 19.6 Å². The zero-order valence-corrected chi connectivity index (χ0v) is 8.43. The van der Waals surface area contributed by atoms with E-state index in [1.54, 1.807) is 5.54 Å². The average molecular weight is 190 g/mol. The first kappa shape index (κ1) is 10.0. The number of β-amino-alcohol motifs (C(OH)–C–C–N with tert-alkyl or cyclic N) is 1. The molecule has 0 aromatic carbocycles. The molecular weight excluding hydrogens is 174 g/mol. The minimum atomic E-state index is -0.424. The Morgan fingerprint density at radius 2 is 2.25 bits per heavy atom. The molecule has 0 radical (unpaired) electrons. The summed E-state index contributed by atoms with van der Waals surface area (Å²) < 4.78 is 0. The maximum Gasteiger partial charge on any atom is 0.0897 e. The zero-order chi connectivity index (χ0) is 9.19. The van der Waals surface area contributed by atoms with E-state index < -0.39 is 5.60 Å². The molecule has 1 fully saturated rings. The quantitative estimate of drug-likeness (QED) is 0.729. The summed E-state index contributed by atoms with van der Waals surface area (Å²) in [5.41, 5.74) is 2.32. The van der Waals surface area contributed by atoms with Crippen molar-refractivity contribution in [1.82, 2.24) is 4.90 Å². The standard InChI is InChI=1S/C9H16ClNO/c1-3-9(12)6-11(7-9)5-8(2)4-10/h4,12H,3,5-7H2,1-2H3. The Hall–Kier alpha value is -0.0500. The molecule has 1 heterocycles. The molecular formula is C9H16ClNO. The number of likely N-dealkylation sites (tertiary alicyclic amines) is 1. The normalized spacial score (nSPS) is 23.8. The van der Waals surface area contributed by atoms with E-state index in [0.717, 1.165) is 31.6 Å². The first-order chi connectivity index (χ1) is 5.59. The molecule has 70 valence electrons. The van der Waals surface area contributed by atoms with Gasteiger partial charge in [0.1, 0.15) is 0 Å². The van der Waals surface area contributed by atoms with Gasteiger partial charge in [0.15, 0.2) is 0 Å². The Morgan fingerprint density at radius 1 is 1.67 bits per heavy atom. The Labute approximate surface area is 78.8 Å². The molecule has 0 aromatic rings. The smallest absolute Gasteiger partial charge is 0.0897 e. The topological polar surface area (TPSA) is 23.5 Å². The fourth-order valence-corrected chi connectivity index (χ4v) is 1.58. The van der Waals surface area contributed by atoms with Crippen molar-refractivity contribution in [2.24, 2.45) is 0 Å². The largest absolute Gasteiger partial charge is 0.387 e. The van der Waals surface area contributed by atoms with Crippen LogP contribution in [0.3, 0.4) is 0 Å². The Morgan fingerprint density at radius 3 is 2.67 bits per heavy atom. The molecule has 0 bridgehead atoms. The fraction of sp³-hybridized carbons (Fsp3) is 0.778. The van der Waals surface area contributed by atoms with Gasteiger partial charge >= 0.3 is 0 Å². The van der Waals surface area contributed by atoms with Crippen molar-refractivity contribution in [1.29, 1.82) is 0 Å². The fourth-order valence-electron chi connectivity index (χ4n) is 1.51. The molecule has 1 rings (SSSR count). The lowest BCUT2D eigenvalue weighted by Gasteiger charge is -2.46. The van der Waals surface area contributed by atoms with Crippen LogP contribution in [0.2, 0.25) is 0 Å². The highest BCUT2D eigenvalue weighted by Gasteiger charge is 2.38. The van der Waals surface area contributed by atoms with Gasteiger partial charge in [0.05, 0.1) is 5.60 Å². The Balaban J connectivity index is 2.26. The van der Waals surface area contributed by atoms with Crippen LogP contribution < -0.4 is 0 Å². The van der Waals surface area contributed by atoms with Gasteiger partial charge in [-0.15, -0.1) is 0 Å². The summed E-state index contributed by atoms with van der Waals surface area (Å²) in [7, 11) is 0. The molecule has 0 amide bonds. The number of rotatable bonds is 3. The molecule has 0 aromatic heterocycles. The highest BCUT2D eigenvalue weighted by atomic mass is 35.5. The van der Waals surface area contributed by atoms with E-state index in [9.17, 15) is 5.11 Å². The third-order valence-electron chi connectivity index (χ3n) is 2.35. The summed E-state index contributed by atoms with van der Waals surface area (Å²) in [4.78, 5) is 2.19. The molecule has 12 heavy (non-hydrogen) atoms. The Bertz CT molecular complexity index is 185. The number of hydrogen-bond donors (Lipinski definition) is 1. The maximum atomic E-state index is 9.68.